The van der Waals surface area contributed by atoms with Gasteiger partial charge in [0.2, 0.25) is 0 Å². The molecule has 0 bridgehead atoms. The summed E-state index contributed by atoms with van der Waals surface area (Å²) in [7, 11) is -3.29. The lowest BCUT2D eigenvalue weighted by Crippen LogP contribution is -2.29. The van der Waals surface area contributed by atoms with Crippen LogP contribution in [0.1, 0.15) is 0 Å². The molecule has 94 valence electrons. The average Bonchev–Trinajstić information content (AvgIpc) is 2.24. The van der Waals surface area contributed by atoms with Crippen LogP contribution in [0.15, 0.2) is 30.3 Å². The van der Waals surface area contributed by atoms with Crippen LogP contribution < -0.4 is 5.32 Å². The molecule has 1 aromatic rings. The van der Waals surface area contributed by atoms with E-state index in [4.69, 9.17) is 5.11 Å². The Morgan fingerprint density at radius 1 is 1.35 bits per heavy atom. The van der Waals surface area contributed by atoms with Crippen LogP contribution in [0.25, 0.3) is 0 Å². The van der Waals surface area contributed by atoms with Crippen molar-refractivity contribution in [2.24, 2.45) is 5.92 Å². The summed E-state index contributed by atoms with van der Waals surface area (Å²) in [6.45, 7) is 0.0897. The molecule has 1 atom stereocenters. The second-order valence-electron chi connectivity index (χ2n) is 3.87. The topological polar surface area (TPSA) is 83.5 Å². The summed E-state index contributed by atoms with van der Waals surface area (Å²) in [4.78, 5) is 10.9. The summed E-state index contributed by atoms with van der Waals surface area (Å²) in [6, 6.07) is 9.05. The third kappa shape index (κ3) is 5.35. The minimum Gasteiger partial charge on any atom is -0.481 e. The molecule has 0 heterocycles. The molecule has 0 radical (unpaired) electrons. The summed E-state index contributed by atoms with van der Waals surface area (Å²) in [6.07, 6.45) is 1.03. The van der Waals surface area contributed by atoms with Gasteiger partial charge in [-0.05, 0) is 12.1 Å². The van der Waals surface area contributed by atoms with E-state index in [0.29, 0.717) is 0 Å². The zero-order chi connectivity index (χ0) is 12.9. The molecule has 2 N–H and O–H groups in total. The van der Waals surface area contributed by atoms with Crippen LogP contribution in [0, 0.1) is 5.92 Å². The highest BCUT2D eigenvalue weighted by atomic mass is 32.2. The number of benzene rings is 1. The molecule has 0 saturated carbocycles. The van der Waals surface area contributed by atoms with Gasteiger partial charge < -0.3 is 10.4 Å². The molecule has 1 unspecified atom stereocenters. The van der Waals surface area contributed by atoms with E-state index in [9.17, 15) is 13.2 Å². The summed E-state index contributed by atoms with van der Waals surface area (Å²) in [5.74, 6) is -2.41. The molecule has 6 heteroatoms. The molecular formula is C11H15NO4S. The Kier molecular flexibility index (Phi) is 4.51. The Hall–Kier alpha value is -1.56. The van der Waals surface area contributed by atoms with E-state index < -0.39 is 21.7 Å². The Labute approximate surface area is 100 Å². The van der Waals surface area contributed by atoms with Gasteiger partial charge in [0.1, 0.15) is 9.84 Å². The predicted molar refractivity (Wildman–Crippen MR) is 65.8 cm³/mol. The molecule has 0 aliphatic carbocycles. The van der Waals surface area contributed by atoms with Gasteiger partial charge in [0, 0.05) is 18.5 Å². The maximum Gasteiger partial charge on any atom is 0.309 e. The van der Waals surface area contributed by atoms with Crippen molar-refractivity contribution in [1.82, 2.24) is 0 Å². The molecule has 0 aliphatic rings. The smallest absolute Gasteiger partial charge is 0.309 e. The number of hydrogen-bond donors (Lipinski definition) is 2. The number of sulfone groups is 1. The van der Waals surface area contributed by atoms with Crippen molar-refractivity contribution in [3.05, 3.63) is 30.3 Å². The average molecular weight is 257 g/mol. The van der Waals surface area contributed by atoms with E-state index in [0.717, 1.165) is 11.9 Å². The fourth-order valence-corrected chi connectivity index (χ4v) is 2.37. The Morgan fingerprint density at radius 2 is 1.94 bits per heavy atom. The first-order valence-electron chi connectivity index (χ1n) is 5.08. The normalized spacial score (nSPS) is 13.0. The lowest BCUT2D eigenvalue weighted by atomic mass is 10.2. The number of aliphatic carboxylic acids is 1. The van der Waals surface area contributed by atoms with E-state index in [1.807, 2.05) is 18.2 Å². The largest absolute Gasteiger partial charge is 0.481 e. The number of anilines is 1. The third-order valence-electron chi connectivity index (χ3n) is 2.18. The number of nitrogens with one attached hydrogen (secondary N) is 1. The lowest BCUT2D eigenvalue weighted by molar-refractivity contribution is -0.140. The number of carboxylic acids is 1. The van der Waals surface area contributed by atoms with E-state index in [1.54, 1.807) is 12.1 Å². The van der Waals surface area contributed by atoms with Gasteiger partial charge in [-0.25, -0.2) is 8.42 Å². The molecule has 0 saturated heterocycles. The van der Waals surface area contributed by atoms with Crippen LogP contribution >= 0.6 is 0 Å². The monoisotopic (exact) mass is 257 g/mol. The Balaban J connectivity index is 2.60. The van der Waals surface area contributed by atoms with Crippen LogP contribution in [0.5, 0.6) is 0 Å². The van der Waals surface area contributed by atoms with Crippen LogP contribution in [-0.2, 0) is 14.6 Å². The van der Waals surface area contributed by atoms with Gasteiger partial charge in [-0.2, -0.15) is 0 Å². The molecule has 0 amide bonds. The van der Waals surface area contributed by atoms with Gasteiger partial charge in [-0.1, -0.05) is 18.2 Å². The highest BCUT2D eigenvalue weighted by molar-refractivity contribution is 7.90. The van der Waals surface area contributed by atoms with Crippen LogP contribution in [0.3, 0.4) is 0 Å². The van der Waals surface area contributed by atoms with Crippen molar-refractivity contribution in [2.75, 3.05) is 23.9 Å². The Bertz CT molecular complexity index is 470. The molecule has 17 heavy (non-hydrogen) atoms. The predicted octanol–water partition coefficient (Wildman–Crippen LogP) is 0.844. The van der Waals surface area contributed by atoms with Crippen molar-refractivity contribution in [2.45, 2.75) is 0 Å². The van der Waals surface area contributed by atoms with E-state index in [2.05, 4.69) is 5.32 Å². The molecule has 0 aliphatic heterocycles. The zero-order valence-corrected chi connectivity index (χ0v) is 10.3. The zero-order valence-electron chi connectivity index (χ0n) is 9.46. The number of hydrogen-bond acceptors (Lipinski definition) is 4. The highest BCUT2D eigenvalue weighted by Crippen LogP contribution is 2.08. The van der Waals surface area contributed by atoms with E-state index >= 15 is 0 Å². The molecule has 0 fully saturated rings. The van der Waals surface area contributed by atoms with Crippen molar-refractivity contribution in [3.63, 3.8) is 0 Å². The van der Waals surface area contributed by atoms with Crippen molar-refractivity contribution < 1.29 is 18.3 Å². The summed E-state index contributed by atoms with van der Waals surface area (Å²) < 4.78 is 22.1. The molecule has 0 aromatic heterocycles. The van der Waals surface area contributed by atoms with Gasteiger partial charge in [-0.15, -0.1) is 0 Å². The van der Waals surface area contributed by atoms with Crippen molar-refractivity contribution in [3.8, 4) is 0 Å². The minimum absolute atomic E-state index is 0.0897. The fraction of sp³-hybridized carbons (Fsp3) is 0.364. The molecule has 1 rings (SSSR count). The third-order valence-corrected chi connectivity index (χ3v) is 3.19. The van der Waals surface area contributed by atoms with Gasteiger partial charge >= 0.3 is 5.97 Å². The maximum atomic E-state index is 11.1. The van der Waals surface area contributed by atoms with Gasteiger partial charge in [0.05, 0.1) is 11.7 Å². The fourth-order valence-electron chi connectivity index (χ4n) is 1.38. The molecule has 1 aromatic carbocycles. The second-order valence-corrected chi connectivity index (χ2v) is 6.06. The van der Waals surface area contributed by atoms with Crippen LogP contribution in [-0.4, -0.2) is 38.0 Å². The molecular weight excluding hydrogens is 242 g/mol. The minimum atomic E-state index is -3.29. The van der Waals surface area contributed by atoms with E-state index in [1.165, 1.54) is 0 Å². The Morgan fingerprint density at radius 3 is 2.41 bits per heavy atom. The maximum absolute atomic E-state index is 11.1. The first-order chi connectivity index (χ1) is 7.88. The standard InChI is InChI=1S/C11H15NO4S/c1-17(15,16)8-9(11(13)14)7-12-10-5-3-2-4-6-10/h2-6,9,12H,7-8H2,1H3,(H,13,14). The number of carboxylic acid groups (broad SMARTS) is 1. The summed E-state index contributed by atoms with van der Waals surface area (Å²) >= 11 is 0. The number of carbonyl (C=O) groups is 1. The van der Waals surface area contributed by atoms with Crippen molar-refractivity contribution in [1.29, 1.82) is 0 Å². The lowest BCUT2D eigenvalue weighted by Gasteiger charge is -2.13. The first-order valence-corrected chi connectivity index (χ1v) is 7.14. The van der Waals surface area contributed by atoms with Crippen molar-refractivity contribution >= 4 is 21.5 Å². The van der Waals surface area contributed by atoms with Crippen LogP contribution in [0.2, 0.25) is 0 Å². The highest BCUT2D eigenvalue weighted by Gasteiger charge is 2.22. The first kappa shape index (κ1) is 13.5. The van der Waals surface area contributed by atoms with Gasteiger partial charge in [0.15, 0.2) is 0 Å². The number of para-hydroxylation sites is 1. The van der Waals surface area contributed by atoms with E-state index in [-0.39, 0.29) is 12.3 Å². The summed E-state index contributed by atoms with van der Waals surface area (Å²) in [5, 5.41) is 11.8. The summed E-state index contributed by atoms with van der Waals surface area (Å²) in [5.41, 5.74) is 0.771. The molecule has 5 nitrogen and oxygen atoms in total. The van der Waals surface area contributed by atoms with Gasteiger partial charge in [0.25, 0.3) is 0 Å². The van der Waals surface area contributed by atoms with Crippen LogP contribution in [0.4, 0.5) is 5.69 Å². The SMILES string of the molecule is CS(=O)(=O)CC(CNc1ccccc1)C(=O)O. The molecule has 0 spiro atoms. The second kappa shape index (κ2) is 5.67. The number of rotatable bonds is 6. The van der Waals surface area contributed by atoms with Gasteiger partial charge in [-0.3, -0.25) is 4.79 Å². The quantitative estimate of drug-likeness (QED) is 0.789.